The first-order valence-electron chi connectivity index (χ1n) is 3.41. The van der Waals surface area contributed by atoms with E-state index in [1.54, 1.807) is 12.1 Å². The number of rotatable bonds is 0. The molecule has 0 N–H and O–H groups in total. The third kappa shape index (κ3) is 1.13. The van der Waals surface area contributed by atoms with Gasteiger partial charge in [0.15, 0.2) is 0 Å². The van der Waals surface area contributed by atoms with Crippen molar-refractivity contribution in [1.82, 2.24) is 0 Å². The Morgan fingerprint density at radius 2 is 1.50 bits per heavy atom. The Labute approximate surface area is 53.3 Å². The van der Waals surface area contributed by atoms with Crippen molar-refractivity contribution in [1.29, 1.82) is 0 Å². The van der Waals surface area contributed by atoms with Gasteiger partial charge in [0.25, 0.3) is 0 Å². The summed E-state index contributed by atoms with van der Waals surface area (Å²) in [5.74, 6) is 0. The molecule has 0 radical (unpaired) electrons. The lowest BCUT2D eigenvalue weighted by Crippen LogP contribution is -2.46. The van der Waals surface area contributed by atoms with E-state index in [2.05, 4.69) is 26.9 Å². The van der Waals surface area contributed by atoms with Gasteiger partial charge in [0.05, 0.1) is 0 Å². The van der Waals surface area contributed by atoms with E-state index in [0.29, 0.717) is 0 Å². The van der Waals surface area contributed by atoms with E-state index >= 15 is 0 Å². The van der Waals surface area contributed by atoms with Crippen molar-refractivity contribution in [2.24, 2.45) is 5.41 Å². The first-order valence-corrected chi connectivity index (χ1v) is 6.83. The minimum absolute atomic E-state index is 0.586. The summed E-state index contributed by atoms with van der Waals surface area (Å²) in [6.07, 6.45) is 0. The highest BCUT2D eigenvalue weighted by molar-refractivity contribution is 6.80. The SMILES string of the molecule is CC1(C)C[Si](C)(C)C1. The molecule has 1 rings (SSSR count). The summed E-state index contributed by atoms with van der Waals surface area (Å²) in [6, 6.07) is 3.08. The molecule has 0 bridgehead atoms. The van der Waals surface area contributed by atoms with Crippen LogP contribution in [0.15, 0.2) is 0 Å². The molecule has 0 aromatic heterocycles. The van der Waals surface area contributed by atoms with Gasteiger partial charge in [-0.05, 0) is 5.41 Å². The van der Waals surface area contributed by atoms with Crippen LogP contribution in [-0.2, 0) is 0 Å². The van der Waals surface area contributed by atoms with Crippen molar-refractivity contribution in [2.75, 3.05) is 0 Å². The Bertz CT molecular complexity index is 81.0. The van der Waals surface area contributed by atoms with Crippen LogP contribution in [0, 0.1) is 5.41 Å². The van der Waals surface area contributed by atoms with Crippen molar-refractivity contribution in [3.05, 3.63) is 0 Å². The molecule has 0 amide bonds. The predicted molar refractivity (Wildman–Crippen MR) is 40.9 cm³/mol. The highest BCUT2D eigenvalue weighted by atomic mass is 28.3. The van der Waals surface area contributed by atoms with E-state index < -0.39 is 8.07 Å². The molecule has 0 aliphatic carbocycles. The molecule has 8 heavy (non-hydrogen) atoms. The molecular formula is C7H16Si. The average Bonchev–Trinajstić information content (AvgIpc) is 1.20. The van der Waals surface area contributed by atoms with Gasteiger partial charge in [0, 0.05) is 8.07 Å². The van der Waals surface area contributed by atoms with E-state index in [0.717, 1.165) is 5.41 Å². The second kappa shape index (κ2) is 1.38. The molecule has 1 fully saturated rings. The van der Waals surface area contributed by atoms with Crippen LogP contribution >= 0.6 is 0 Å². The Kier molecular flexibility index (Phi) is 1.09. The van der Waals surface area contributed by atoms with Gasteiger partial charge in [-0.2, -0.15) is 0 Å². The second-order valence-electron chi connectivity index (χ2n) is 4.68. The van der Waals surface area contributed by atoms with E-state index in [1.807, 2.05) is 0 Å². The molecule has 1 heteroatoms. The van der Waals surface area contributed by atoms with Crippen LogP contribution in [0.2, 0.25) is 25.2 Å². The third-order valence-electron chi connectivity index (χ3n) is 1.91. The van der Waals surface area contributed by atoms with Crippen LogP contribution in [-0.4, -0.2) is 8.07 Å². The number of hydrogen-bond donors (Lipinski definition) is 0. The van der Waals surface area contributed by atoms with Gasteiger partial charge >= 0.3 is 0 Å². The van der Waals surface area contributed by atoms with Gasteiger partial charge in [0.2, 0.25) is 0 Å². The summed E-state index contributed by atoms with van der Waals surface area (Å²) in [4.78, 5) is 0. The molecule has 0 spiro atoms. The van der Waals surface area contributed by atoms with E-state index in [1.165, 1.54) is 0 Å². The monoisotopic (exact) mass is 128 g/mol. The lowest BCUT2D eigenvalue weighted by molar-refractivity contribution is 0.401. The van der Waals surface area contributed by atoms with Crippen molar-refractivity contribution in [3.8, 4) is 0 Å². The molecule has 48 valence electrons. The standard InChI is InChI=1S/C7H16Si/c1-7(2)5-8(3,4)6-7/h5-6H2,1-4H3. The number of hydrogen-bond acceptors (Lipinski definition) is 0. The van der Waals surface area contributed by atoms with E-state index in [9.17, 15) is 0 Å². The molecule has 1 heterocycles. The lowest BCUT2D eigenvalue weighted by Gasteiger charge is -2.47. The fourth-order valence-electron chi connectivity index (χ4n) is 2.54. The highest BCUT2D eigenvalue weighted by Gasteiger charge is 2.43. The first-order chi connectivity index (χ1) is 3.41. The maximum atomic E-state index is 2.48. The molecule has 0 unspecified atom stereocenters. The normalized spacial score (nSPS) is 31.5. The summed E-state index contributed by atoms with van der Waals surface area (Å²) >= 11 is 0. The Hall–Kier alpha value is 0.217. The van der Waals surface area contributed by atoms with Crippen LogP contribution < -0.4 is 0 Å². The van der Waals surface area contributed by atoms with E-state index in [4.69, 9.17) is 0 Å². The van der Waals surface area contributed by atoms with Crippen LogP contribution in [0.3, 0.4) is 0 Å². The summed E-state index contributed by atoms with van der Waals surface area (Å²) < 4.78 is 0. The first kappa shape index (κ1) is 6.34. The van der Waals surface area contributed by atoms with Crippen molar-refractivity contribution in [3.63, 3.8) is 0 Å². The Morgan fingerprint density at radius 1 is 1.12 bits per heavy atom. The quantitative estimate of drug-likeness (QED) is 0.440. The lowest BCUT2D eigenvalue weighted by atomic mass is 9.98. The minimum atomic E-state index is -0.586. The molecule has 1 aliphatic heterocycles. The fourth-order valence-corrected chi connectivity index (χ4v) is 7.62. The largest absolute Gasteiger partial charge is 0.0693 e. The Morgan fingerprint density at radius 3 is 1.50 bits per heavy atom. The van der Waals surface area contributed by atoms with E-state index in [-0.39, 0.29) is 0 Å². The highest BCUT2D eigenvalue weighted by Crippen LogP contribution is 2.48. The van der Waals surface area contributed by atoms with Gasteiger partial charge in [-0.25, -0.2) is 0 Å². The average molecular weight is 128 g/mol. The molecule has 0 saturated carbocycles. The summed E-state index contributed by atoms with van der Waals surface area (Å²) in [6.45, 7) is 9.73. The second-order valence-corrected chi connectivity index (χ2v) is 9.72. The third-order valence-corrected chi connectivity index (χ3v) is 5.74. The molecular weight excluding hydrogens is 112 g/mol. The minimum Gasteiger partial charge on any atom is -0.0693 e. The predicted octanol–water partition coefficient (Wildman–Crippen LogP) is 2.73. The van der Waals surface area contributed by atoms with Gasteiger partial charge in [-0.1, -0.05) is 39.0 Å². The molecule has 1 saturated heterocycles. The van der Waals surface area contributed by atoms with Crippen LogP contribution in [0.4, 0.5) is 0 Å². The molecule has 1 aliphatic rings. The zero-order chi connectivity index (χ0) is 6.41. The molecule has 0 aromatic rings. The fraction of sp³-hybridized carbons (Fsp3) is 1.00. The van der Waals surface area contributed by atoms with Crippen molar-refractivity contribution in [2.45, 2.75) is 39.0 Å². The van der Waals surface area contributed by atoms with Gasteiger partial charge in [-0.3, -0.25) is 0 Å². The van der Waals surface area contributed by atoms with Crippen LogP contribution in [0.25, 0.3) is 0 Å². The molecule has 0 nitrogen and oxygen atoms in total. The smallest absolute Gasteiger partial charge is 0.0484 e. The van der Waals surface area contributed by atoms with Crippen LogP contribution in [0.5, 0.6) is 0 Å². The zero-order valence-electron chi connectivity index (χ0n) is 6.41. The van der Waals surface area contributed by atoms with Gasteiger partial charge in [0.1, 0.15) is 0 Å². The van der Waals surface area contributed by atoms with Crippen molar-refractivity contribution < 1.29 is 0 Å². The summed E-state index contributed by atoms with van der Waals surface area (Å²) in [7, 11) is -0.586. The zero-order valence-corrected chi connectivity index (χ0v) is 7.41. The Balaban J connectivity index is 2.42. The van der Waals surface area contributed by atoms with Gasteiger partial charge in [-0.15, -0.1) is 0 Å². The maximum absolute atomic E-state index is 2.48. The van der Waals surface area contributed by atoms with Gasteiger partial charge < -0.3 is 0 Å². The van der Waals surface area contributed by atoms with Crippen LogP contribution in [0.1, 0.15) is 13.8 Å². The molecule has 0 atom stereocenters. The topological polar surface area (TPSA) is 0 Å². The maximum Gasteiger partial charge on any atom is 0.0484 e. The summed E-state index contributed by atoms with van der Waals surface area (Å²) in [5, 5.41) is 0. The van der Waals surface area contributed by atoms with Crippen molar-refractivity contribution >= 4 is 8.07 Å². The molecule has 0 aromatic carbocycles. The summed E-state index contributed by atoms with van der Waals surface area (Å²) in [5.41, 5.74) is 0.718.